The first-order valence-corrected chi connectivity index (χ1v) is 9.47. The van der Waals surface area contributed by atoms with Gasteiger partial charge in [-0.1, -0.05) is 0 Å². The molecule has 4 aromatic rings. The Labute approximate surface area is 168 Å². The first-order chi connectivity index (χ1) is 14.0. The van der Waals surface area contributed by atoms with Crippen LogP contribution in [0.4, 0.5) is 11.5 Å². The number of nitrogens with one attached hydrogen (secondary N) is 1. The van der Waals surface area contributed by atoms with E-state index in [1.54, 1.807) is 18.2 Å². The predicted octanol–water partition coefficient (Wildman–Crippen LogP) is 4.47. The molecule has 0 fully saturated rings. The fourth-order valence-corrected chi connectivity index (χ4v) is 4.05. The third-order valence-electron chi connectivity index (χ3n) is 5.36. The van der Waals surface area contributed by atoms with Crippen molar-refractivity contribution in [2.45, 2.75) is 20.3 Å². The van der Waals surface area contributed by atoms with Gasteiger partial charge in [0.05, 0.1) is 36.8 Å². The smallest absolute Gasteiger partial charge is 0.238 e. The Bertz CT molecular complexity index is 1250. The number of aryl methyl sites for hydroxylation is 2. The van der Waals surface area contributed by atoms with Crippen molar-refractivity contribution >= 4 is 28.3 Å². The number of methoxy groups -OCH3 is 1. The van der Waals surface area contributed by atoms with Gasteiger partial charge >= 0.3 is 0 Å². The van der Waals surface area contributed by atoms with Crippen molar-refractivity contribution < 1.29 is 9.53 Å². The summed E-state index contributed by atoms with van der Waals surface area (Å²) in [5, 5.41) is 1.05. The van der Waals surface area contributed by atoms with E-state index in [4.69, 9.17) is 9.72 Å². The Morgan fingerprint density at radius 1 is 1.10 bits per heavy atom. The fourth-order valence-electron chi connectivity index (χ4n) is 4.05. The van der Waals surface area contributed by atoms with Gasteiger partial charge in [0.1, 0.15) is 5.75 Å². The molecule has 1 aliphatic rings. The number of aromatic nitrogens is 3. The van der Waals surface area contributed by atoms with Crippen LogP contribution in [0, 0.1) is 13.8 Å². The van der Waals surface area contributed by atoms with E-state index in [2.05, 4.69) is 9.97 Å². The van der Waals surface area contributed by atoms with Crippen molar-refractivity contribution in [1.82, 2.24) is 15.0 Å². The number of hydrogen-bond donors (Lipinski definition) is 1. The Morgan fingerprint density at radius 3 is 2.66 bits per heavy atom. The summed E-state index contributed by atoms with van der Waals surface area (Å²) in [6, 6.07) is 12.0. The quantitative estimate of drug-likeness (QED) is 0.566. The SMILES string of the molecule is COc1c(C)cc(-c2cnc3c(n2)N(c2ccc4[nH]ccc4c2)C(=O)C3)cc1C. The molecule has 1 N–H and O–H groups in total. The number of hydrogen-bond acceptors (Lipinski definition) is 4. The number of H-pyrrole nitrogens is 1. The number of aromatic amines is 1. The number of benzene rings is 2. The molecule has 0 bridgehead atoms. The van der Waals surface area contributed by atoms with E-state index in [1.165, 1.54) is 0 Å². The van der Waals surface area contributed by atoms with E-state index in [0.717, 1.165) is 44.7 Å². The highest BCUT2D eigenvalue weighted by molar-refractivity contribution is 6.07. The van der Waals surface area contributed by atoms with E-state index in [1.807, 2.05) is 56.4 Å². The Balaban J connectivity index is 1.61. The van der Waals surface area contributed by atoms with Crippen molar-refractivity contribution in [3.8, 4) is 17.0 Å². The lowest BCUT2D eigenvalue weighted by molar-refractivity contribution is -0.116. The molecule has 2 aromatic carbocycles. The topological polar surface area (TPSA) is 71.1 Å². The maximum atomic E-state index is 12.8. The summed E-state index contributed by atoms with van der Waals surface area (Å²) in [6.45, 7) is 4.02. The molecule has 2 aromatic heterocycles. The molecule has 0 radical (unpaired) electrons. The van der Waals surface area contributed by atoms with Crippen LogP contribution in [0.1, 0.15) is 16.8 Å². The third kappa shape index (κ3) is 2.76. The summed E-state index contributed by atoms with van der Waals surface area (Å²) < 4.78 is 5.47. The zero-order chi connectivity index (χ0) is 20.1. The van der Waals surface area contributed by atoms with E-state index < -0.39 is 0 Å². The molecule has 1 amide bonds. The molecule has 29 heavy (non-hydrogen) atoms. The van der Waals surface area contributed by atoms with Gasteiger partial charge in [-0.25, -0.2) is 4.98 Å². The number of anilines is 2. The standard InChI is InChI=1S/C23H20N4O2/c1-13-8-16(9-14(2)22(13)29-3)20-12-25-19-11-21(28)27(23(19)26-20)17-4-5-18-15(10-17)6-7-24-18/h4-10,12,24H,11H2,1-3H3. The second-order valence-corrected chi connectivity index (χ2v) is 7.32. The zero-order valence-electron chi connectivity index (χ0n) is 16.5. The average Bonchev–Trinajstić information content (AvgIpc) is 3.29. The predicted molar refractivity (Wildman–Crippen MR) is 113 cm³/mol. The van der Waals surface area contributed by atoms with Crippen molar-refractivity contribution in [2.75, 3.05) is 12.0 Å². The van der Waals surface area contributed by atoms with E-state index in [0.29, 0.717) is 11.5 Å². The molecule has 0 spiro atoms. The molecule has 0 saturated carbocycles. The summed E-state index contributed by atoms with van der Waals surface area (Å²) in [7, 11) is 1.68. The lowest BCUT2D eigenvalue weighted by atomic mass is 10.0. The van der Waals surface area contributed by atoms with Gasteiger partial charge in [0, 0.05) is 22.7 Å². The molecule has 144 valence electrons. The van der Waals surface area contributed by atoms with Crippen LogP contribution in [0.25, 0.3) is 22.2 Å². The summed E-state index contributed by atoms with van der Waals surface area (Å²) in [6.07, 6.45) is 3.89. The maximum absolute atomic E-state index is 12.8. The van der Waals surface area contributed by atoms with E-state index >= 15 is 0 Å². The summed E-state index contributed by atoms with van der Waals surface area (Å²) in [5.41, 5.74) is 6.30. The minimum absolute atomic E-state index is 0.0193. The Hall–Kier alpha value is -3.67. The summed E-state index contributed by atoms with van der Waals surface area (Å²) in [5.74, 6) is 1.46. The van der Waals surface area contributed by atoms with Crippen LogP contribution in [0.15, 0.2) is 48.8 Å². The number of amides is 1. The lowest BCUT2D eigenvalue weighted by Crippen LogP contribution is -2.21. The molecule has 6 heteroatoms. The van der Waals surface area contributed by atoms with Crippen LogP contribution in [0.3, 0.4) is 0 Å². The van der Waals surface area contributed by atoms with Gasteiger partial charge in [-0.2, -0.15) is 0 Å². The molecule has 0 unspecified atom stereocenters. The molecular formula is C23H20N4O2. The van der Waals surface area contributed by atoms with Gasteiger partial charge in [-0.3, -0.25) is 14.7 Å². The minimum Gasteiger partial charge on any atom is -0.496 e. The number of rotatable bonds is 3. The highest BCUT2D eigenvalue weighted by Gasteiger charge is 2.32. The van der Waals surface area contributed by atoms with Crippen LogP contribution in [0.5, 0.6) is 5.75 Å². The van der Waals surface area contributed by atoms with Crippen LogP contribution >= 0.6 is 0 Å². The van der Waals surface area contributed by atoms with Crippen LogP contribution in [-0.2, 0) is 11.2 Å². The first kappa shape index (κ1) is 17.4. The highest BCUT2D eigenvalue weighted by Crippen LogP contribution is 2.36. The van der Waals surface area contributed by atoms with E-state index in [-0.39, 0.29) is 12.3 Å². The van der Waals surface area contributed by atoms with Crippen LogP contribution in [-0.4, -0.2) is 28.0 Å². The number of nitrogens with zero attached hydrogens (tertiary/aromatic N) is 3. The number of carbonyl (C=O) groups is 1. The second-order valence-electron chi connectivity index (χ2n) is 7.32. The van der Waals surface area contributed by atoms with Gasteiger partial charge in [-0.05, 0) is 61.4 Å². The van der Waals surface area contributed by atoms with Crippen molar-refractivity contribution in [1.29, 1.82) is 0 Å². The Kier molecular flexibility index (Phi) is 3.87. The van der Waals surface area contributed by atoms with Gasteiger partial charge in [0.2, 0.25) is 5.91 Å². The summed E-state index contributed by atoms with van der Waals surface area (Å²) >= 11 is 0. The monoisotopic (exact) mass is 384 g/mol. The molecular weight excluding hydrogens is 364 g/mol. The van der Waals surface area contributed by atoms with E-state index in [9.17, 15) is 4.79 Å². The Morgan fingerprint density at radius 2 is 1.90 bits per heavy atom. The zero-order valence-corrected chi connectivity index (χ0v) is 16.5. The number of fused-ring (bicyclic) bond motifs is 2. The highest BCUT2D eigenvalue weighted by atomic mass is 16.5. The average molecular weight is 384 g/mol. The van der Waals surface area contributed by atoms with Gasteiger partial charge in [-0.15, -0.1) is 0 Å². The first-order valence-electron chi connectivity index (χ1n) is 9.47. The molecule has 0 aliphatic carbocycles. The van der Waals surface area contributed by atoms with Crippen LogP contribution in [0.2, 0.25) is 0 Å². The molecule has 1 aliphatic heterocycles. The fraction of sp³-hybridized carbons (Fsp3) is 0.174. The molecule has 5 rings (SSSR count). The third-order valence-corrected chi connectivity index (χ3v) is 5.36. The normalized spacial score (nSPS) is 13.2. The van der Waals surface area contributed by atoms with Gasteiger partial charge < -0.3 is 9.72 Å². The summed E-state index contributed by atoms with van der Waals surface area (Å²) in [4.78, 5) is 27.0. The molecule has 0 saturated heterocycles. The minimum atomic E-state index is -0.0193. The molecule has 3 heterocycles. The van der Waals surface area contributed by atoms with Crippen molar-refractivity contribution in [2.24, 2.45) is 0 Å². The maximum Gasteiger partial charge on any atom is 0.238 e. The second kappa shape index (κ2) is 6.44. The van der Waals surface area contributed by atoms with Crippen molar-refractivity contribution in [3.63, 3.8) is 0 Å². The molecule has 0 atom stereocenters. The molecule has 6 nitrogen and oxygen atoms in total. The largest absolute Gasteiger partial charge is 0.496 e. The number of ether oxygens (including phenoxy) is 1. The lowest BCUT2D eigenvalue weighted by Gasteiger charge is -2.17. The van der Waals surface area contributed by atoms with Crippen LogP contribution < -0.4 is 9.64 Å². The number of carbonyl (C=O) groups excluding carboxylic acids is 1. The van der Waals surface area contributed by atoms with Gasteiger partial charge in [0.15, 0.2) is 5.82 Å². The van der Waals surface area contributed by atoms with Crippen molar-refractivity contribution in [3.05, 3.63) is 65.6 Å². The van der Waals surface area contributed by atoms with Gasteiger partial charge in [0.25, 0.3) is 0 Å².